The van der Waals surface area contributed by atoms with E-state index in [2.05, 4.69) is 0 Å². The summed E-state index contributed by atoms with van der Waals surface area (Å²) in [7, 11) is -2.99. The fraction of sp³-hybridized carbons (Fsp3) is 0.308. The third-order valence-electron chi connectivity index (χ3n) is 6.39. The molecule has 1 aliphatic rings. The van der Waals surface area contributed by atoms with Gasteiger partial charge in [0.15, 0.2) is 10.9 Å². The van der Waals surface area contributed by atoms with Crippen LogP contribution >= 0.6 is 0 Å². The Hall–Kier alpha value is -4.03. The van der Waals surface area contributed by atoms with Crippen LogP contribution in [0, 0.1) is 10.1 Å². The molecule has 2 aromatic carbocycles. The molecule has 0 saturated heterocycles. The van der Waals surface area contributed by atoms with Gasteiger partial charge in [-0.25, -0.2) is 18.0 Å². The van der Waals surface area contributed by atoms with Crippen molar-refractivity contribution in [2.75, 3.05) is 13.2 Å². The fourth-order valence-corrected chi connectivity index (χ4v) is 6.65. The Bertz CT molecular complexity index is 1540. The minimum absolute atomic E-state index is 0.00471. The quantitative estimate of drug-likeness (QED) is 0.239. The summed E-state index contributed by atoms with van der Waals surface area (Å²) in [5.74, 6) is -1.86. The number of carbonyl (C=O) groups is 2. The summed E-state index contributed by atoms with van der Waals surface area (Å²) >= 11 is 0. The van der Waals surface area contributed by atoms with Crippen LogP contribution in [-0.2, 0) is 36.1 Å². The molecule has 1 aromatic heterocycles. The second kappa shape index (κ2) is 10.8. The summed E-state index contributed by atoms with van der Waals surface area (Å²) in [6.07, 6.45) is 1.49. The summed E-state index contributed by atoms with van der Waals surface area (Å²) in [6.45, 7) is 3.05. The van der Waals surface area contributed by atoms with Crippen molar-refractivity contribution < 1.29 is 32.4 Å². The van der Waals surface area contributed by atoms with E-state index in [9.17, 15) is 28.1 Å². The molecule has 4 rings (SSSR count). The monoisotopic (exact) mass is 541 g/mol. The molecular weight excluding hydrogens is 514 g/mol. The maximum absolute atomic E-state index is 14.3. The first kappa shape index (κ1) is 27.0. The van der Waals surface area contributed by atoms with E-state index in [1.807, 2.05) is 24.3 Å². The zero-order valence-corrected chi connectivity index (χ0v) is 21.9. The smallest absolute Gasteiger partial charge is 0.335 e. The van der Waals surface area contributed by atoms with Crippen molar-refractivity contribution in [1.82, 2.24) is 8.87 Å². The van der Waals surface area contributed by atoms with Gasteiger partial charge in [0.2, 0.25) is 0 Å². The number of fused-ring (bicyclic) bond motifs is 1. The van der Waals surface area contributed by atoms with E-state index in [0.29, 0.717) is 5.69 Å². The predicted molar refractivity (Wildman–Crippen MR) is 138 cm³/mol. The van der Waals surface area contributed by atoms with E-state index in [1.54, 1.807) is 31.5 Å². The minimum atomic E-state index is -4.75. The molecule has 200 valence electrons. The van der Waals surface area contributed by atoms with E-state index < -0.39 is 49.6 Å². The lowest BCUT2D eigenvalue weighted by Gasteiger charge is -2.39. The van der Waals surface area contributed by atoms with Crippen LogP contribution in [0.2, 0.25) is 0 Å². The number of nitro groups is 1. The first-order chi connectivity index (χ1) is 18.1. The van der Waals surface area contributed by atoms with Gasteiger partial charge in [0.25, 0.3) is 15.7 Å². The summed E-state index contributed by atoms with van der Waals surface area (Å²) in [6, 6.07) is 11.4. The van der Waals surface area contributed by atoms with Crippen molar-refractivity contribution in [2.24, 2.45) is 7.05 Å². The number of hydrogen-bond donors (Lipinski definition) is 0. The van der Waals surface area contributed by atoms with Crippen molar-refractivity contribution in [2.45, 2.75) is 37.2 Å². The standard InChI is InChI=1S/C26H27N3O8S/c1-4-36-25(30)18-14-15-20(22-16-17-10-6-7-11-19(17)27(22)3)28(24(18)26(31)37-5-2)38(34,35)23-13-9-8-12-21(23)29(32)33/h6-14,16,20,24H,4-5,15H2,1-3H3/t20-,24+/m0/s1. The van der Waals surface area contributed by atoms with E-state index >= 15 is 0 Å². The highest BCUT2D eigenvalue weighted by atomic mass is 32.2. The van der Waals surface area contributed by atoms with E-state index in [-0.39, 0.29) is 25.2 Å². The fourth-order valence-electron chi connectivity index (χ4n) is 4.76. The normalized spacial score (nSPS) is 18.1. The molecule has 38 heavy (non-hydrogen) atoms. The highest BCUT2D eigenvalue weighted by Gasteiger charge is 2.50. The number of aromatic nitrogens is 1. The molecule has 0 N–H and O–H groups in total. The van der Waals surface area contributed by atoms with Gasteiger partial charge in [-0.3, -0.25) is 10.1 Å². The molecule has 0 fully saturated rings. The third-order valence-corrected chi connectivity index (χ3v) is 8.31. The highest BCUT2D eigenvalue weighted by molar-refractivity contribution is 7.89. The van der Waals surface area contributed by atoms with Crippen molar-refractivity contribution in [1.29, 1.82) is 0 Å². The third kappa shape index (κ3) is 4.68. The predicted octanol–water partition coefficient (Wildman–Crippen LogP) is 3.64. The SMILES string of the molecule is CCOC(=O)C1=CC[C@@H](c2cc3ccccc3n2C)N(S(=O)(=O)c2ccccc2[N+](=O)[O-])[C@H]1C(=O)OCC. The van der Waals surface area contributed by atoms with Gasteiger partial charge in [-0.05, 0) is 43.9 Å². The molecule has 0 aliphatic carbocycles. The minimum Gasteiger partial charge on any atom is -0.465 e. The topological polar surface area (TPSA) is 138 Å². The first-order valence-electron chi connectivity index (χ1n) is 12.0. The van der Waals surface area contributed by atoms with Crippen molar-refractivity contribution in [3.05, 3.63) is 82.1 Å². The first-order valence-corrected chi connectivity index (χ1v) is 13.4. The Morgan fingerprint density at radius 1 is 1.05 bits per heavy atom. The number of carbonyl (C=O) groups excluding carboxylic acids is 2. The van der Waals surface area contributed by atoms with E-state index in [0.717, 1.165) is 27.3 Å². The number of esters is 2. The van der Waals surface area contributed by atoms with Gasteiger partial charge < -0.3 is 14.0 Å². The summed E-state index contributed by atoms with van der Waals surface area (Å²) in [5.41, 5.74) is 0.487. The lowest BCUT2D eigenvalue weighted by molar-refractivity contribution is -0.387. The van der Waals surface area contributed by atoms with Crippen LogP contribution in [0.3, 0.4) is 0 Å². The number of rotatable bonds is 8. The molecule has 0 amide bonds. The van der Waals surface area contributed by atoms with Crippen LogP contribution in [0.15, 0.2) is 71.1 Å². The summed E-state index contributed by atoms with van der Waals surface area (Å²) < 4.78 is 41.6. The Balaban J connectivity index is 2.01. The van der Waals surface area contributed by atoms with Crippen LogP contribution in [-0.4, -0.2) is 53.4 Å². The van der Waals surface area contributed by atoms with Crippen LogP contribution in [0.25, 0.3) is 10.9 Å². The van der Waals surface area contributed by atoms with Crippen LogP contribution in [0.1, 0.15) is 32.0 Å². The van der Waals surface area contributed by atoms with Gasteiger partial charge in [-0.1, -0.05) is 36.4 Å². The molecule has 3 aromatic rings. The molecule has 1 aliphatic heterocycles. The number of sulfonamides is 1. The number of nitrogens with zero attached hydrogens (tertiary/aromatic N) is 3. The Kier molecular flexibility index (Phi) is 7.65. The number of para-hydroxylation sites is 2. The second-order valence-electron chi connectivity index (χ2n) is 8.53. The zero-order valence-electron chi connectivity index (χ0n) is 21.1. The maximum Gasteiger partial charge on any atom is 0.335 e. The Labute approximate surface area is 219 Å². The number of benzene rings is 2. The molecule has 0 bridgehead atoms. The molecule has 2 atom stereocenters. The van der Waals surface area contributed by atoms with Crippen molar-refractivity contribution in [3.63, 3.8) is 0 Å². The Morgan fingerprint density at radius 3 is 2.37 bits per heavy atom. The Morgan fingerprint density at radius 2 is 1.71 bits per heavy atom. The van der Waals surface area contributed by atoms with E-state index in [4.69, 9.17) is 9.47 Å². The molecule has 0 spiro atoms. The lowest BCUT2D eigenvalue weighted by Crippen LogP contribution is -2.52. The van der Waals surface area contributed by atoms with Gasteiger partial charge in [0.05, 0.1) is 29.8 Å². The van der Waals surface area contributed by atoms with Gasteiger partial charge in [-0.2, -0.15) is 4.31 Å². The second-order valence-corrected chi connectivity index (χ2v) is 10.3. The summed E-state index contributed by atoms with van der Waals surface area (Å²) in [4.78, 5) is 36.6. The van der Waals surface area contributed by atoms with Crippen molar-refractivity contribution in [3.8, 4) is 0 Å². The van der Waals surface area contributed by atoms with Crippen LogP contribution < -0.4 is 0 Å². The molecule has 0 saturated carbocycles. The van der Waals surface area contributed by atoms with Crippen molar-refractivity contribution >= 4 is 38.6 Å². The number of hydrogen-bond acceptors (Lipinski definition) is 8. The average Bonchev–Trinajstić information content (AvgIpc) is 3.24. The molecule has 0 radical (unpaired) electrons. The highest BCUT2D eigenvalue weighted by Crippen LogP contribution is 2.42. The number of aryl methyl sites for hydroxylation is 1. The largest absolute Gasteiger partial charge is 0.465 e. The molecule has 12 heteroatoms. The lowest BCUT2D eigenvalue weighted by atomic mass is 9.95. The maximum atomic E-state index is 14.3. The van der Waals surface area contributed by atoms with Crippen LogP contribution in [0.5, 0.6) is 0 Å². The number of ether oxygens (including phenoxy) is 2. The zero-order chi connectivity index (χ0) is 27.6. The van der Waals surface area contributed by atoms with Gasteiger partial charge in [0.1, 0.15) is 0 Å². The van der Waals surface area contributed by atoms with Gasteiger partial charge in [-0.15, -0.1) is 0 Å². The summed E-state index contributed by atoms with van der Waals surface area (Å²) in [5, 5.41) is 12.6. The molecule has 2 heterocycles. The average molecular weight is 542 g/mol. The van der Waals surface area contributed by atoms with E-state index in [1.165, 1.54) is 18.2 Å². The van der Waals surface area contributed by atoms with Gasteiger partial charge >= 0.3 is 11.9 Å². The molecule has 0 unspecified atom stereocenters. The molecule has 11 nitrogen and oxygen atoms in total. The van der Waals surface area contributed by atoms with Gasteiger partial charge in [0, 0.05) is 24.3 Å². The molecular formula is C26H27N3O8S. The number of nitro benzene ring substituents is 1. The van der Waals surface area contributed by atoms with Crippen LogP contribution in [0.4, 0.5) is 5.69 Å².